The fourth-order valence-corrected chi connectivity index (χ4v) is 3.88. The first kappa shape index (κ1) is 17.5. The van der Waals surface area contributed by atoms with Crippen LogP contribution in [0.4, 0.5) is 0 Å². The maximum Gasteiger partial charge on any atom is 0.145 e. The van der Waals surface area contributed by atoms with Gasteiger partial charge in [-0.15, -0.1) is 0 Å². The van der Waals surface area contributed by atoms with E-state index in [0.717, 1.165) is 34.3 Å². The van der Waals surface area contributed by atoms with E-state index in [-0.39, 0.29) is 18.2 Å². The zero-order valence-electron chi connectivity index (χ0n) is 15.1. The van der Waals surface area contributed by atoms with Crippen molar-refractivity contribution in [3.05, 3.63) is 58.6 Å². The van der Waals surface area contributed by atoms with Crippen LogP contribution in [0.5, 0.6) is 0 Å². The van der Waals surface area contributed by atoms with Gasteiger partial charge in [-0.2, -0.15) is 0 Å². The van der Waals surface area contributed by atoms with Crippen LogP contribution < -0.4 is 0 Å². The molecule has 1 saturated heterocycles. The third kappa shape index (κ3) is 2.90. The maximum atomic E-state index is 10.9. The van der Waals surface area contributed by atoms with Crippen LogP contribution in [-0.4, -0.2) is 25.7 Å². The van der Waals surface area contributed by atoms with Crippen LogP contribution in [0.2, 0.25) is 5.02 Å². The van der Waals surface area contributed by atoms with Crippen LogP contribution in [0.3, 0.4) is 0 Å². The minimum atomic E-state index is -0.691. The second-order valence-corrected chi connectivity index (χ2v) is 7.55. The Kier molecular flexibility index (Phi) is 4.47. The number of benzene rings is 1. The molecule has 136 valence electrons. The molecule has 0 spiro atoms. The van der Waals surface area contributed by atoms with E-state index in [1.54, 1.807) is 6.33 Å². The highest BCUT2D eigenvalue weighted by Gasteiger charge is 2.38. The first-order chi connectivity index (χ1) is 12.5. The third-order valence-corrected chi connectivity index (χ3v) is 5.73. The van der Waals surface area contributed by atoms with Gasteiger partial charge in [0.25, 0.3) is 0 Å². The van der Waals surface area contributed by atoms with Crippen molar-refractivity contribution in [2.45, 2.75) is 45.6 Å². The normalized spacial score (nSPS) is 24.3. The summed E-state index contributed by atoms with van der Waals surface area (Å²) in [5.74, 6) is 0.214. The molecule has 0 amide bonds. The second-order valence-electron chi connectivity index (χ2n) is 7.14. The SMILES string of the molecule is Cc1cc(C(O)C2OC(n3ccc4c(C)ncnc43)CC2C)ccc1Cl. The number of fused-ring (bicyclic) bond motifs is 1. The summed E-state index contributed by atoms with van der Waals surface area (Å²) in [5.41, 5.74) is 3.61. The predicted octanol–water partition coefficient (Wildman–Crippen LogP) is 4.36. The standard InChI is InChI=1S/C20H22ClN3O2/c1-11-8-14(4-5-16(11)21)18(25)19-12(2)9-17(26-19)24-7-6-15-13(3)22-10-23-20(15)24/h4-8,10,12,17-19,25H,9H2,1-3H3. The van der Waals surface area contributed by atoms with Crippen molar-refractivity contribution in [1.29, 1.82) is 0 Å². The number of aromatic nitrogens is 3. The summed E-state index contributed by atoms with van der Waals surface area (Å²) >= 11 is 6.10. The number of rotatable bonds is 3. The Morgan fingerprint density at radius 3 is 2.85 bits per heavy atom. The third-order valence-electron chi connectivity index (χ3n) is 5.30. The fraction of sp³-hybridized carbons (Fsp3) is 0.400. The van der Waals surface area contributed by atoms with E-state index in [1.807, 2.05) is 48.9 Å². The molecule has 4 rings (SSSR count). The molecule has 1 aliphatic heterocycles. The van der Waals surface area contributed by atoms with Crippen molar-refractivity contribution >= 4 is 22.6 Å². The highest BCUT2D eigenvalue weighted by atomic mass is 35.5. The summed E-state index contributed by atoms with van der Waals surface area (Å²) < 4.78 is 8.31. The van der Waals surface area contributed by atoms with E-state index >= 15 is 0 Å². The van der Waals surface area contributed by atoms with Crippen LogP contribution in [0, 0.1) is 19.8 Å². The topological polar surface area (TPSA) is 60.2 Å². The van der Waals surface area contributed by atoms with Crippen LogP contribution in [-0.2, 0) is 4.74 Å². The van der Waals surface area contributed by atoms with Gasteiger partial charge >= 0.3 is 0 Å². The van der Waals surface area contributed by atoms with Gasteiger partial charge in [-0.1, -0.05) is 30.7 Å². The molecule has 26 heavy (non-hydrogen) atoms. The summed E-state index contributed by atoms with van der Waals surface area (Å²) in [7, 11) is 0. The molecule has 2 aromatic heterocycles. The molecule has 1 fully saturated rings. The molecule has 4 unspecified atom stereocenters. The van der Waals surface area contributed by atoms with E-state index in [9.17, 15) is 5.11 Å². The number of aliphatic hydroxyl groups is 1. The highest BCUT2D eigenvalue weighted by Crippen LogP contribution is 2.40. The number of nitrogens with zero attached hydrogens (tertiary/aromatic N) is 3. The lowest BCUT2D eigenvalue weighted by Crippen LogP contribution is -2.23. The quantitative estimate of drug-likeness (QED) is 0.743. The Morgan fingerprint density at radius 2 is 2.08 bits per heavy atom. The summed E-state index contributed by atoms with van der Waals surface area (Å²) in [6, 6.07) is 7.64. The smallest absolute Gasteiger partial charge is 0.145 e. The van der Waals surface area contributed by atoms with Crippen molar-refractivity contribution < 1.29 is 9.84 Å². The van der Waals surface area contributed by atoms with Gasteiger partial charge in [-0.25, -0.2) is 9.97 Å². The highest BCUT2D eigenvalue weighted by molar-refractivity contribution is 6.31. The van der Waals surface area contributed by atoms with E-state index in [1.165, 1.54) is 0 Å². The number of hydrogen-bond donors (Lipinski definition) is 1. The molecule has 1 aromatic carbocycles. The number of hydrogen-bond acceptors (Lipinski definition) is 4. The van der Waals surface area contributed by atoms with Gasteiger partial charge in [0.2, 0.25) is 0 Å². The lowest BCUT2D eigenvalue weighted by atomic mass is 9.94. The second kappa shape index (κ2) is 6.65. The zero-order chi connectivity index (χ0) is 18.4. The van der Waals surface area contributed by atoms with Crippen LogP contribution in [0.1, 0.15) is 42.5 Å². The van der Waals surface area contributed by atoms with Crippen molar-refractivity contribution in [3.63, 3.8) is 0 Å². The molecule has 0 radical (unpaired) electrons. The first-order valence-electron chi connectivity index (χ1n) is 8.83. The maximum absolute atomic E-state index is 10.9. The Morgan fingerprint density at radius 1 is 1.27 bits per heavy atom. The Bertz CT molecular complexity index is 955. The fourth-order valence-electron chi connectivity index (χ4n) is 3.76. The lowest BCUT2D eigenvalue weighted by Gasteiger charge is -2.23. The van der Waals surface area contributed by atoms with Gasteiger partial charge in [-0.05, 0) is 49.4 Å². The largest absolute Gasteiger partial charge is 0.386 e. The van der Waals surface area contributed by atoms with Gasteiger partial charge in [0.05, 0.1) is 11.8 Å². The van der Waals surface area contributed by atoms with Crippen LogP contribution >= 0.6 is 11.6 Å². The summed E-state index contributed by atoms with van der Waals surface area (Å²) in [6.07, 6.45) is 3.27. The average molecular weight is 372 g/mol. The van der Waals surface area contributed by atoms with Gasteiger partial charge < -0.3 is 14.4 Å². The Hall–Kier alpha value is -1.95. The molecule has 0 saturated carbocycles. The zero-order valence-corrected chi connectivity index (χ0v) is 15.8. The number of aliphatic hydroxyl groups excluding tert-OH is 1. The molecule has 3 aromatic rings. The minimum Gasteiger partial charge on any atom is -0.386 e. The van der Waals surface area contributed by atoms with E-state index < -0.39 is 6.10 Å². The monoisotopic (exact) mass is 371 g/mol. The van der Waals surface area contributed by atoms with Crippen molar-refractivity contribution in [1.82, 2.24) is 14.5 Å². The first-order valence-corrected chi connectivity index (χ1v) is 9.21. The van der Waals surface area contributed by atoms with Gasteiger partial charge in [0.15, 0.2) is 0 Å². The molecule has 0 aliphatic carbocycles. The molecular weight excluding hydrogens is 350 g/mol. The molecule has 1 aliphatic rings. The van der Waals surface area contributed by atoms with Crippen LogP contribution in [0.15, 0.2) is 36.8 Å². The molecule has 6 heteroatoms. The van der Waals surface area contributed by atoms with Gasteiger partial charge in [0, 0.05) is 16.6 Å². The van der Waals surface area contributed by atoms with E-state index in [0.29, 0.717) is 5.02 Å². The summed E-state index contributed by atoms with van der Waals surface area (Å²) in [5, 5.41) is 12.6. The molecule has 5 nitrogen and oxygen atoms in total. The van der Waals surface area contributed by atoms with E-state index in [4.69, 9.17) is 16.3 Å². The minimum absolute atomic E-state index is 0.148. The number of halogens is 1. The molecule has 0 bridgehead atoms. The summed E-state index contributed by atoms with van der Waals surface area (Å²) in [6.45, 7) is 6.03. The predicted molar refractivity (Wildman–Crippen MR) is 101 cm³/mol. The molecule has 3 heterocycles. The average Bonchev–Trinajstić information content (AvgIpc) is 3.21. The summed E-state index contributed by atoms with van der Waals surface area (Å²) in [4.78, 5) is 8.66. The number of ether oxygens (including phenoxy) is 1. The van der Waals surface area contributed by atoms with Gasteiger partial charge in [-0.3, -0.25) is 0 Å². The number of aryl methyl sites for hydroxylation is 2. The van der Waals surface area contributed by atoms with Crippen molar-refractivity contribution in [3.8, 4) is 0 Å². The lowest BCUT2D eigenvalue weighted by molar-refractivity contribution is -0.0675. The van der Waals surface area contributed by atoms with Gasteiger partial charge in [0.1, 0.15) is 24.3 Å². The molecule has 4 atom stereocenters. The van der Waals surface area contributed by atoms with Crippen LogP contribution in [0.25, 0.3) is 11.0 Å². The van der Waals surface area contributed by atoms with E-state index in [2.05, 4.69) is 16.9 Å². The van der Waals surface area contributed by atoms with Crippen molar-refractivity contribution in [2.75, 3.05) is 0 Å². The Labute approximate surface area is 157 Å². The Balaban J connectivity index is 1.61. The molecular formula is C20H22ClN3O2. The molecule has 1 N–H and O–H groups in total. The van der Waals surface area contributed by atoms with Crippen molar-refractivity contribution in [2.24, 2.45) is 5.92 Å².